The Kier molecular flexibility index (Phi) is 5.80. The van der Waals surface area contributed by atoms with Gasteiger partial charge in [-0.3, -0.25) is 9.10 Å². The van der Waals surface area contributed by atoms with Gasteiger partial charge in [0.15, 0.2) is 0 Å². The average Bonchev–Trinajstić information content (AvgIpc) is 2.74. The van der Waals surface area contributed by atoms with Crippen LogP contribution < -0.4 is 4.31 Å². The molecule has 0 saturated carbocycles. The molecule has 0 bridgehead atoms. The molecule has 3 aromatic carbocycles. The number of carbonyl (C=O) groups is 1. The van der Waals surface area contributed by atoms with Gasteiger partial charge >= 0.3 is 0 Å². The maximum absolute atomic E-state index is 12.8. The van der Waals surface area contributed by atoms with Gasteiger partial charge in [0.05, 0.1) is 10.6 Å². The first-order chi connectivity index (χ1) is 13.4. The molecule has 0 radical (unpaired) electrons. The minimum atomic E-state index is -3.69. The van der Waals surface area contributed by atoms with Gasteiger partial charge < -0.3 is 4.90 Å². The lowest BCUT2D eigenvalue weighted by molar-refractivity contribution is 0.0785. The van der Waals surface area contributed by atoms with Crippen molar-refractivity contribution in [3.05, 3.63) is 96.1 Å². The Bertz CT molecular complexity index is 1050. The monoisotopic (exact) mass is 394 g/mol. The van der Waals surface area contributed by atoms with E-state index < -0.39 is 10.0 Å². The van der Waals surface area contributed by atoms with Crippen LogP contribution in [0.4, 0.5) is 5.69 Å². The highest BCUT2D eigenvalue weighted by molar-refractivity contribution is 7.92. The molecule has 0 saturated heterocycles. The molecular weight excluding hydrogens is 372 g/mol. The van der Waals surface area contributed by atoms with Crippen molar-refractivity contribution in [2.75, 3.05) is 18.4 Å². The number of rotatable bonds is 6. The lowest BCUT2D eigenvalue weighted by Crippen LogP contribution is -2.28. The van der Waals surface area contributed by atoms with Crippen molar-refractivity contribution >= 4 is 21.6 Å². The number of anilines is 1. The Hall–Kier alpha value is -3.12. The molecule has 0 fully saturated rings. The third-order valence-electron chi connectivity index (χ3n) is 4.47. The number of carbonyl (C=O) groups excluding carboxylic acids is 1. The summed E-state index contributed by atoms with van der Waals surface area (Å²) < 4.78 is 26.8. The highest BCUT2D eigenvalue weighted by Gasteiger charge is 2.22. The maximum Gasteiger partial charge on any atom is 0.264 e. The molecule has 6 heteroatoms. The Morgan fingerprint density at radius 2 is 1.43 bits per heavy atom. The second-order valence-corrected chi connectivity index (χ2v) is 8.45. The van der Waals surface area contributed by atoms with Crippen LogP contribution >= 0.6 is 0 Å². The van der Waals surface area contributed by atoms with Gasteiger partial charge in [-0.05, 0) is 35.9 Å². The van der Waals surface area contributed by atoms with Crippen LogP contribution in [0, 0.1) is 0 Å². The van der Waals surface area contributed by atoms with E-state index in [1.165, 1.54) is 11.4 Å². The third-order valence-corrected chi connectivity index (χ3v) is 6.27. The molecule has 144 valence electrons. The van der Waals surface area contributed by atoms with Crippen molar-refractivity contribution in [3.8, 4) is 0 Å². The summed E-state index contributed by atoms with van der Waals surface area (Å²) in [5.74, 6) is -0.170. The van der Waals surface area contributed by atoms with Gasteiger partial charge in [-0.2, -0.15) is 0 Å². The molecule has 0 spiro atoms. The van der Waals surface area contributed by atoms with E-state index in [1.54, 1.807) is 66.5 Å². The van der Waals surface area contributed by atoms with Gasteiger partial charge in [0.2, 0.25) is 0 Å². The molecule has 28 heavy (non-hydrogen) atoms. The van der Waals surface area contributed by atoms with Crippen LogP contribution in [0.15, 0.2) is 89.8 Å². The van der Waals surface area contributed by atoms with Crippen LogP contribution in [0.5, 0.6) is 0 Å². The summed E-state index contributed by atoms with van der Waals surface area (Å²) in [6.07, 6.45) is 0. The maximum atomic E-state index is 12.8. The zero-order valence-electron chi connectivity index (χ0n) is 15.8. The molecule has 0 aliphatic carbocycles. The van der Waals surface area contributed by atoms with Gasteiger partial charge in [0, 0.05) is 26.2 Å². The van der Waals surface area contributed by atoms with Crippen LogP contribution in [0.1, 0.15) is 15.9 Å². The Morgan fingerprint density at radius 1 is 0.821 bits per heavy atom. The second kappa shape index (κ2) is 8.27. The summed E-state index contributed by atoms with van der Waals surface area (Å²) in [4.78, 5) is 14.6. The van der Waals surface area contributed by atoms with E-state index in [0.717, 1.165) is 5.56 Å². The zero-order chi connectivity index (χ0) is 20.1. The number of hydrogen-bond acceptors (Lipinski definition) is 3. The molecule has 0 aliphatic rings. The summed E-state index contributed by atoms with van der Waals surface area (Å²) >= 11 is 0. The fourth-order valence-electron chi connectivity index (χ4n) is 2.87. The van der Waals surface area contributed by atoms with Crippen molar-refractivity contribution in [1.29, 1.82) is 0 Å². The predicted octanol–water partition coefficient (Wildman–Crippen LogP) is 3.78. The highest BCUT2D eigenvalue weighted by Crippen LogP contribution is 2.23. The normalized spacial score (nSPS) is 11.1. The summed E-state index contributed by atoms with van der Waals surface area (Å²) in [6.45, 7) is 0.474. The molecule has 3 aromatic rings. The standard InChI is InChI=1S/C22H22N2O3S/c1-23(17-18-10-5-3-6-11-18)22(25)19-12-9-13-20(16-19)24(2)28(26,27)21-14-7-4-8-15-21/h3-16H,17H2,1-2H3. The van der Waals surface area contributed by atoms with E-state index in [1.807, 2.05) is 30.3 Å². The van der Waals surface area contributed by atoms with E-state index >= 15 is 0 Å². The lowest BCUT2D eigenvalue weighted by Gasteiger charge is -2.21. The number of amides is 1. The molecular formula is C22H22N2O3S. The van der Waals surface area contributed by atoms with Crippen LogP contribution in [0.3, 0.4) is 0 Å². The van der Waals surface area contributed by atoms with Gasteiger partial charge in [0.1, 0.15) is 0 Å². The first-order valence-corrected chi connectivity index (χ1v) is 10.3. The smallest absolute Gasteiger partial charge is 0.264 e. The second-order valence-electron chi connectivity index (χ2n) is 6.48. The summed E-state index contributed by atoms with van der Waals surface area (Å²) in [5.41, 5.74) is 1.90. The topological polar surface area (TPSA) is 57.7 Å². The molecule has 5 nitrogen and oxygen atoms in total. The van der Waals surface area contributed by atoms with E-state index in [-0.39, 0.29) is 10.8 Å². The Morgan fingerprint density at radius 3 is 2.07 bits per heavy atom. The fraction of sp³-hybridized carbons (Fsp3) is 0.136. The fourth-order valence-corrected chi connectivity index (χ4v) is 4.08. The predicted molar refractivity (Wildman–Crippen MR) is 111 cm³/mol. The van der Waals surface area contributed by atoms with Crippen molar-refractivity contribution in [2.24, 2.45) is 0 Å². The lowest BCUT2D eigenvalue weighted by atomic mass is 10.1. The van der Waals surface area contributed by atoms with Crippen LogP contribution in [0.25, 0.3) is 0 Å². The molecule has 0 aromatic heterocycles. The quantitative estimate of drug-likeness (QED) is 0.639. The van der Waals surface area contributed by atoms with Gasteiger partial charge in [-0.1, -0.05) is 54.6 Å². The van der Waals surface area contributed by atoms with Crippen molar-refractivity contribution in [2.45, 2.75) is 11.4 Å². The average molecular weight is 394 g/mol. The van der Waals surface area contributed by atoms with E-state index in [0.29, 0.717) is 17.8 Å². The molecule has 1 amide bonds. The SMILES string of the molecule is CN(Cc1ccccc1)C(=O)c1cccc(N(C)S(=O)(=O)c2ccccc2)c1. The van der Waals surface area contributed by atoms with Crippen LogP contribution in [-0.4, -0.2) is 33.3 Å². The molecule has 3 rings (SSSR count). The van der Waals surface area contributed by atoms with E-state index in [2.05, 4.69) is 0 Å². The minimum absolute atomic E-state index is 0.170. The largest absolute Gasteiger partial charge is 0.337 e. The molecule has 0 unspecified atom stereocenters. The van der Waals surface area contributed by atoms with Crippen molar-refractivity contribution in [3.63, 3.8) is 0 Å². The van der Waals surface area contributed by atoms with E-state index in [9.17, 15) is 13.2 Å². The minimum Gasteiger partial charge on any atom is -0.337 e. The van der Waals surface area contributed by atoms with Crippen LogP contribution in [-0.2, 0) is 16.6 Å². The third kappa shape index (κ3) is 4.23. The summed E-state index contributed by atoms with van der Waals surface area (Å²) in [6, 6.07) is 24.6. The summed E-state index contributed by atoms with van der Waals surface area (Å²) in [5, 5.41) is 0. The Balaban J connectivity index is 1.82. The van der Waals surface area contributed by atoms with E-state index in [4.69, 9.17) is 0 Å². The van der Waals surface area contributed by atoms with Gasteiger partial charge in [-0.15, -0.1) is 0 Å². The number of benzene rings is 3. The summed E-state index contributed by atoms with van der Waals surface area (Å²) in [7, 11) is -0.481. The molecule has 0 N–H and O–H groups in total. The molecule has 0 heterocycles. The number of nitrogens with zero attached hydrogens (tertiary/aromatic N) is 2. The first kappa shape index (κ1) is 19.6. The first-order valence-electron chi connectivity index (χ1n) is 8.83. The van der Waals surface area contributed by atoms with Crippen molar-refractivity contribution in [1.82, 2.24) is 4.90 Å². The number of hydrogen-bond donors (Lipinski definition) is 0. The molecule has 0 atom stereocenters. The highest BCUT2D eigenvalue weighted by atomic mass is 32.2. The number of sulfonamides is 1. The van der Waals surface area contributed by atoms with Gasteiger partial charge in [-0.25, -0.2) is 8.42 Å². The molecule has 0 aliphatic heterocycles. The van der Waals surface area contributed by atoms with Crippen molar-refractivity contribution < 1.29 is 13.2 Å². The zero-order valence-corrected chi connectivity index (χ0v) is 16.6. The van der Waals surface area contributed by atoms with Crippen LogP contribution in [0.2, 0.25) is 0 Å². The van der Waals surface area contributed by atoms with Gasteiger partial charge in [0.25, 0.3) is 15.9 Å². The Labute approximate surface area is 165 Å².